The molecule has 140 valence electrons. The summed E-state index contributed by atoms with van der Waals surface area (Å²) < 4.78 is 5.93. The normalized spacial score (nSPS) is 19.4. The molecule has 2 saturated heterocycles. The van der Waals surface area contributed by atoms with E-state index in [1.54, 1.807) is 0 Å². The van der Waals surface area contributed by atoms with Gasteiger partial charge in [-0.15, -0.1) is 0 Å². The van der Waals surface area contributed by atoms with Crippen molar-refractivity contribution in [3.05, 3.63) is 47.5 Å². The van der Waals surface area contributed by atoms with E-state index in [9.17, 15) is 0 Å². The first kappa shape index (κ1) is 18.0. The van der Waals surface area contributed by atoms with Crippen LogP contribution in [0.3, 0.4) is 0 Å². The Labute approximate surface area is 157 Å². The summed E-state index contributed by atoms with van der Waals surface area (Å²) in [5.41, 5.74) is 2.72. The van der Waals surface area contributed by atoms with Crippen LogP contribution in [-0.4, -0.2) is 49.1 Å². The van der Waals surface area contributed by atoms with Crippen LogP contribution in [0.2, 0.25) is 0 Å². The molecule has 3 heteroatoms. The molecule has 0 aromatic heterocycles. The fourth-order valence-electron chi connectivity index (χ4n) is 4.30. The molecule has 0 spiro atoms. The Morgan fingerprint density at radius 3 is 2.15 bits per heavy atom. The van der Waals surface area contributed by atoms with Crippen LogP contribution in [0, 0.1) is 0 Å². The number of benzene rings is 2. The Hall–Kier alpha value is -1.42. The highest BCUT2D eigenvalue weighted by Gasteiger charge is 2.11. The van der Waals surface area contributed by atoms with Crippen LogP contribution >= 0.6 is 0 Å². The SMILES string of the molecule is c1cc2ccc(CN3CCCCC3)cc2cc1COCCN1CCCC1. The number of ether oxygens (including phenoxy) is 1. The number of hydrogen-bond donors (Lipinski definition) is 0. The molecule has 0 atom stereocenters. The zero-order chi connectivity index (χ0) is 17.6. The minimum Gasteiger partial charge on any atom is -0.375 e. The van der Waals surface area contributed by atoms with Gasteiger partial charge in [0.25, 0.3) is 0 Å². The minimum atomic E-state index is 0.722. The summed E-state index contributed by atoms with van der Waals surface area (Å²) in [4.78, 5) is 5.10. The van der Waals surface area contributed by atoms with Crippen LogP contribution in [0.5, 0.6) is 0 Å². The van der Waals surface area contributed by atoms with E-state index < -0.39 is 0 Å². The molecule has 2 aliphatic rings. The third-order valence-corrected chi connectivity index (χ3v) is 5.84. The van der Waals surface area contributed by atoms with Crippen LogP contribution in [0.25, 0.3) is 10.8 Å². The maximum atomic E-state index is 5.93. The van der Waals surface area contributed by atoms with E-state index in [0.717, 1.165) is 26.3 Å². The molecular weight excluding hydrogens is 320 g/mol. The highest BCUT2D eigenvalue weighted by Crippen LogP contribution is 2.21. The molecule has 0 N–H and O–H groups in total. The number of hydrogen-bond acceptors (Lipinski definition) is 3. The van der Waals surface area contributed by atoms with Gasteiger partial charge in [0.1, 0.15) is 0 Å². The first-order valence-electron chi connectivity index (χ1n) is 10.4. The van der Waals surface area contributed by atoms with E-state index in [0.29, 0.717) is 0 Å². The summed E-state index contributed by atoms with van der Waals surface area (Å²) >= 11 is 0. The van der Waals surface area contributed by atoms with Gasteiger partial charge in [0, 0.05) is 13.1 Å². The molecule has 2 aliphatic heterocycles. The van der Waals surface area contributed by atoms with Crippen LogP contribution in [0.1, 0.15) is 43.2 Å². The molecule has 0 saturated carbocycles. The van der Waals surface area contributed by atoms with E-state index in [4.69, 9.17) is 4.74 Å². The average molecular weight is 353 g/mol. The van der Waals surface area contributed by atoms with Crippen molar-refractivity contribution in [3.63, 3.8) is 0 Å². The first-order chi connectivity index (χ1) is 12.9. The van der Waals surface area contributed by atoms with Gasteiger partial charge in [-0.05, 0) is 85.9 Å². The van der Waals surface area contributed by atoms with Gasteiger partial charge in [-0.1, -0.05) is 30.7 Å². The van der Waals surface area contributed by atoms with Crippen LogP contribution in [0.4, 0.5) is 0 Å². The second kappa shape index (κ2) is 8.98. The number of nitrogens with zero attached hydrogens (tertiary/aromatic N) is 2. The van der Waals surface area contributed by atoms with Gasteiger partial charge in [0.2, 0.25) is 0 Å². The summed E-state index contributed by atoms with van der Waals surface area (Å²) in [5.74, 6) is 0. The van der Waals surface area contributed by atoms with Gasteiger partial charge in [0.15, 0.2) is 0 Å². The van der Waals surface area contributed by atoms with Crippen molar-refractivity contribution in [2.24, 2.45) is 0 Å². The highest BCUT2D eigenvalue weighted by molar-refractivity contribution is 5.83. The molecule has 2 fully saturated rings. The molecule has 0 unspecified atom stereocenters. The highest BCUT2D eigenvalue weighted by atomic mass is 16.5. The molecule has 2 aromatic carbocycles. The minimum absolute atomic E-state index is 0.722. The summed E-state index contributed by atoms with van der Waals surface area (Å²) in [7, 11) is 0. The van der Waals surface area contributed by atoms with Gasteiger partial charge >= 0.3 is 0 Å². The summed E-state index contributed by atoms with van der Waals surface area (Å²) in [6, 6.07) is 13.7. The quantitative estimate of drug-likeness (QED) is 0.685. The average Bonchev–Trinajstić information content (AvgIpc) is 3.19. The first-order valence-corrected chi connectivity index (χ1v) is 10.4. The van der Waals surface area contributed by atoms with Crippen molar-refractivity contribution in [1.29, 1.82) is 0 Å². The van der Waals surface area contributed by atoms with E-state index in [2.05, 4.69) is 46.2 Å². The Bertz CT molecular complexity index is 702. The maximum absolute atomic E-state index is 5.93. The van der Waals surface area contributed by atoms with Crippen molar-refractivity contribution in [3.8, 4) is 0 Å². The summed E-state index contributed by atoms with van der Waals surface area (Å²) in [5, 5.41) is 2.67. The van der Waals surface area contributed by atoms with Gasteiger partial charge in [-0.2, -0.15) is 0 Å². The van der Waals surface area contributed by atoms with Crippen molar-refractivity contribution in [2.45, 2.75) is 45.3 Å². The van der Waals surface area contributed by atoms with E-state index in [1.165, 1.54) is 80.2 Å². The molecule has 26 heavy (non-hydrogen) atoms. The van der Waals surface area contributed by atoms with Crippen molar-refractivity contribution >= 4 is 10.8 Å². The monoisotopic (exact) mass is 352 g/mol. The molecule has 0 bridgehead atoms. The second-order valence-corrected chi connectivity index (χ2v) is 7.95. The standard InChI is InChI=1S/C23H32N2O/c1-2-12-25(13-3-1)18-20-6-8-22-9-7-21(17-23(22)16-20)19-26-15-14-24-10-4-5-11-24/h6-9,16-17H,1-5,10-15,18-19H2. The molecule has 2 heterocycles. The lowest BCUT2D eigenvalue weighted by Gasteiger charge is -2.26. The van der Waals surface area contributed by atoms with E-state index in [1.807, 2.05) is 0 Å². The Kier molecular flexibility index (Phi) is 6.21. The Morgan fingerprint density at radius 2 is 1.35 bits per heavy atom. The fourth-order valence-corrected chi connectivity index (χ4v) is 4.30. The molecule has 4 rings (SSSR count). The third kappa shape index (κ3) is 4.85. The van der Waals surface area contributed by atoms with Gasteiger partial charge in [0.05, 0.1) is 13.2 Å². The van der Waals surface area contributed by atoms with E-state index >= 15 is 0 Å². The molecule has 0 radical (unpaired) electrons. The molecule has 3 nitrogen and oxygen atoms in total. The lowest BCUT2D eigenvalue weighted by Crippen LogP contribution is -2.29. The van der Waals surface area contributed by atoms with Crippen LogP contribution in [0.15, 0.2) is 36.4 Å². The van der Waals surface area contributed by atoms with Crippen molar-refractivity contribution in [1.82, 2.24) is 9.80 Å². The van der Waals surface area contributed by atoms with Gasteiger partial charge in [-0.25, -0.2) is 0 Å². The zero-order valence-corrected chi connectivity index (χ0v) is 16.0. The Morgan fingerprint density at radius 1 is 0.692 bits per heavy atom. The number of rotatable bonds is 7. The topological polar surface area (TPSA) is 15.7 Å². The van der Waals surface area contributed by atoms with Gasteiger partial charge < -0.3 is 9.64 Å². The van der Waals surface area contributed by atoms with Crippen LogP contribution < -0.4 is 0 Å². The van der Waals surface area contributed by atoms with Crippen molar-refractivity contribution < 1.29 is 4.74 Å². The number of piperidine rings is 1. The van der Waals surface area contributed by atoms with Crippen LogP contribution in [-0.2, 0) is 17.9 Å². The summed E-state index contributed by atoms with van der Waals surface area (Å²) in [6.45, 7) is 8.73. The molecule has 0 amide bonds. The summed E-state index contributed by atoms with van der Waals surface area (Å²) in [6.07, 6.45) is 6.81. The molecule has 2 aromatic rings. The van der Waals surface area contributed by atoms with Crippen molar-refractivity contribution in [2.75, 3.05) is 39.3 Å². The number of likely N-dealkylation sites (tertiary alicyclic amines) is 2. The largest absolute Gasteiger partial charge is 0.375 e. The lowest BCUT2D eigenvalue weighted by molar-refractivity contribution is 0.0993. The zero-order valence-electron chi connectivity index (χ0n) is 16.0. The lowest BCUT2D eigenvalue weighted by atomic mass is 10.0. The Balaban J connectivity index is 1.33. The number of fused-ring (bicyclic) bond motifs is 1. The fraction of sp³-hybridized carbons (Fsp3) is 0.565. The molecule has 0 aliphatic carbocycles. The second-order valence-electron chi connectivity index (χ2n) is 7.95. The predicted molar refractivity (Wildman–Crippen MR) is 108 cm³/mol. The predicted octanol–water partition coefficient (Wildman–Crippen LogP) is 4.44. The van der Waals surface area contributed by atoms with E-state index in [-0.39, 0.29) is 0 Å². The maximum Gasteiger partial charge on any atom is 0.0717 e. The molecular formula is C23H32N2O. The van der Waals surface area contributed by atoms with Gasteiger partial charge in [-0.3, -0.25) is 4.90 Å². The third-order valence-electron chi connectivity index (χ3n) is 5.84. The smallest absolute Gasteiger partial charge is 0.0717 e.